The number of carbonyl (C=O) groups excluding carboxylic acids is 2. The van der Waals surface area contributed by atoms with Gasteiger partial charge in [-0.05, 0) is 66.6 Å². The van der Waals surface area contributed by atoms with Gasteiger partial charge in [-0.3, -0.25) is 4.79 Å². The highest BCUT2D eigenvalue weighted by Crippen LogP contribution is 2.39. The molecule has 2 N–H and O–H groups in total. The van der Waals surface area contributed by atoms with Gasteiger partial charge in [-0.2, -0.15) is 0 Å². The fourth-order valence-corrected chi connectivity index (χ4v) is 10.6. The van der Waals surface area contributed by atoms with Crippen LogP contribution in [0.3, 0.4) is 0 Å². The summed E-state index contributed by atoms with van der Waals surface area (Å²) >= 11 is 19.1. The number of alkyl halides is 3. The van der Waals surface area contributed by atoms with Crippen LogP contribution in [-0.4, -0.2) is 126 Å². The fourth-order valence-electron chi connectivity index (χ4n) is 10.5. The van der Waals surface area contributed by atoms with Gasteiger partial charge in [0.05, 0.1) is 64.0 Å². The second kappa shape index (κ2) is 32.6. The van der Waals surface area contributed by atoms with Gasteiger partial charge >= 0.3 is 5.97 Å². The van der Waals surface area contributed by atoms with E-state index in [-0.39, 0.29) is 51.8 Å². The predicted octanol–water partition coefficient (Wildman–Crippen LogP) is 11.0. The van der Waals surface area contributed by atoms with Crippen LogP contribution in [-0.2, 0) is 94.7 Å². The average molecular weight is 1240 g/mol. The molecule has 0 spiro atoms. The standard InChI is InChI=1S/C67H74Cl3NO15/c1-4-5-24-37-76-63-53(71-66(74)67(68,69)70)58(57(79-41-49-31-18-9-19-32-49)52(83-63)43-75-38-46-25-12-6-13-26-46)85-65-61(60(80-42-50-33-20-10-21-34-50)56(45(3)82-65)78-40-48-29-16-8-17-30-48)86-64-59(84-62(73)51-35-22-11-23-36-51)54(72)55(44(2)81-64)77-39-47-27-14-7-15-28-47/h4,6-23,25-36,44-45,52-61,63-65,72H,1,5,24,37-43H2,2-3H3,(H,71,74)/t44-,45-,52+,53+,54+,55-,56-,57-,58+,59+,60+,61+,63?,64-,65-/m0/s1. The lowest BCUT2D eigenvalue weighted by molar-refractivity contribution is -0.386. The summed E-state index contributed by atoms with van der Waals surface area (Å²) in [4.78, 5) is 28.4. The Kier molecular flexibility index (Phi) is 24.6. The van der Waals surface area contributed by atoms with Crippen molar-refractivity contribution in [2.75, 3.05) is 13.2 Å². The van der Waals surface area contributed by atoms with Crippen molar-refractivity contribution in [2.24, 2.45) is 0 Å². The first-order chi connectivity index (χ1) is 41.8. The number of esters is 1. The molecule has 6 aromatic rings. The fraction of sp³-hybridized carbons (Fsp3) is 0.403. The minimum Gasteiger partial charge on any atom is -0.450 e. The van der Waals surface area contributed by atoms with E-state index in [1.54, 1.807) is 43.3 Å². The average Bonchev–Trinajstić information content (AvgIpc) is 1.30. The molecule has 1 unspecified atom stereocenters. The number of ether oxygens (including phenoxy) is 12. The molecule has 3 fully saturated rings. The van der Waals surface area contributed by atoms with Gasteiger partial charge < -0.3 is 67.3 Å². The molecule has 3 aliphatic rings. The molecule has 0 bridgehead atoms. The van der Waals surface area contributed by atoms with Crippen molar-refractivity contribution in [1.82, 2.24) is 5.32 Å². The molecule has 15 atom stereocenters. The third kappa shape index (κ3) is 18.3. The molecule has 0 saturated carbocycles. The number of nitrogens with one attached hydrogen (secondary N) is 1. The molecule has 0 aromatic heterocycles. The molecule has 86 heavy (non-hydrogen) atoms. The van der Waals surface area contributed by atoms with E-state index in [2.05, 4.69) is 11.9 Å². The molecule has 6 aromatic carbocycles. The summed E-state index contributed by atoms with van der Waals surface area (Å²) in [7, 11) is 0. The summed E-state index contributed by atoms with van der Waals surface area (Å²) in [5.74, 6) is -1.78. The first kappa shape index (κ1) is 64.9. The molecule has 3 heterocycles. The predicted molar refractivity (Wildman–Crippen MR) is 323 cm³/mol. The maximum Gasteiger partial charge on any atom is 0.338 e. The summed E-state index contributed by atoms with van der Waals surface area (Å²) in [5, 5.41) is 15.5. The Balaban J connectivity index is 1.15. The monoisotopic (exact) mass is 1240 g/mol. The largest absolute Gasteiger partial charge is 0.450 e. The van der Waals surface area contributed by atoms with Crippen molar-refractivity contribution in [3.05, 3.63) is 228 Å². The van der Waals surface area contributed by atoms with Gasteiger partial charge in [0, 0.05) is 0 Å². The molecule has 458 valence electrons. The van der Waals surface area contributed by atoms with E-state index in [1.165, 1.54) is 0 Å². The lowest BCUT2D eigenvalue weighted by atomic mass is 9.94. The zero-order chi connectivity index (χ0) is 60.3. The number of aliphatic hydroxyl groups is 1. The lowest BCUT2D eigenvalue weighted by Crippen LogP contribution is -2.70. The van der Waals surface area contributed by atoms with Crippen molar-refractivity contribution in [1.29, 1.82) is 0 Å². The Bertz CT molecular complexity index is 2960. The van der Waals surface area contributed by atoms with Crippen LogP contribution in [0.15, 0.2) is 195 Å². The van der Waals surface area contributed by atoms with Gasteiger partial charge in [0.1, 0.15) is 54.9 Å². The molecule has 3 aliphatic heterocycles. The van der Waals surface area contributed by atoms with Crippen molar-refractivity contribution in [3.8, 4) is 0 Å². The van der Waals surface area contributed by atoms with Gasteiger partial charge in [0.15, 0.2) is 25.0 Å². The molecule has 1 amide bonds. The first-order valence-electron chi connectivity index (χ1n) is 28.9. The third-order valence-electron chi connectivity index (χ3n) is 14.9. The molecule has 0 radical (unpaired) electrons. The molecule has 3 saturated heterocycles. The van der Waals surface area contributed by atoms with Crippen LogP contribution in [0.5, 0.6) is 0 Å². The zero-order valence-electron chi connectivity index (χ0n) is 47.9. The third-order valence-corrected chi connectivity index (χ3v) is 15.4. The number of aliphatic hydroxyl groups excluding tert-OH is 1. The highest BCUT2D eigenvalue weighted by Gasteiger charge is 2.57. The molecular formula is C67H74Cl3NO15. The number of hydrogen-bond acceptors (Lipinski definition) is 15. The van der Waals surface area contributed by atoms with Gasteiger partial charge in [-0.1, -0.05) is 211 Å². The molecule has 0 aliphatic carbocycles. The summed E-state index contributed by atoms with van der Waals surface area (Å²) < 4.78 is 79.4. The lowest BCUT2D eigenvalue weighted by Gasteiger charge is -2.51. The van der Waals surface area contributed by atoms with Crippen LogP contribution in [0.2, 0.25) is 0 Å². The van der Waals surface area contributed by atoms with Crippen molar-refractivity contribution in [2.45, 2.75) is 156 Å². The van der Waals surface area contributed by atoms with E-state index < -0.39 is 108 Å². The Morgan fingerprint density at radius 1 is 0.523 bits per heavy atom. The maximum absolute atomic E-state index is 14.3. The normalized spacial score (nSPS) is 27.6. The number of benzene rings is 6. The molecular weight excluding hydrogens is 1170 g/mol. The van der Waals surface area contributed by atoms with Gasteiger partial charge in [0.2, 0.25) is 0 Å². The van der Waals surface area contributed by atoms with E-state index in [0.717, 1.165) is 27.8 Å². The number of unbranched alkanes of at least 4 members (excludes halogenated alkanes) is 1. The quantitative estimate of drug-likeness (QED) is 0.0205. The van der Waals surface area contributed by atoms with Crippen molar-refractivity contribution < 1.29 is 71.5 Å². The second-order valence-electron chi connectivity index (χ2n) is 21.2. The Hall–Kier alpha value is -5.61. The highest BCUT2D eigenvalue weighted by molar-refractivity contribution is 6.76. The minimum atomic E-state index is -2.47. The molecule has 16 nitrogen and oxygen atoms in total. The van der Waals surface area contributed by atoms with E-state index in [0.29, 0.717) is 12.8 Å². The summed E-state index contributed by atoms with van der Waals surface area (Å²) in [6, 6.07) is 54.8. The summed E-state index contributed by atoms with van der Waals surface area (Å²) in [6.07, 6.45) is -14.1. The number of amides is 1. The van der Waals surface area contributed by atoms with E-state index in [4.69, 9.17) is 91.6 Å². The van der Waals surface area contributed by atoms with E-state index >= 15 is 0 Å². The second-order valence-corrected chi connectivity index (χ2v) is 23.5. The van der Waals surface area contributed by atoms with Crippen LogP contribution in [0.1, 0.15) is 64.9 Å². The zero-order valence-corrected chi connectivity index (χ0v) is 50.2. The van der Waals surface area contributed by atoms with Gasteiger partial charge in [0.25, 0.3) is 9.70 Å². The first-order valence-corrected chi connectivity index (χ1v) is 30.0. The topological polar surface area (TPSA) is 177 Å². The SMILES string of the molecule is C=CCCCOC1O[C@H](COCc2ccccc2)[C@H](OCc2ccccc2)[C@H](O[C@@H]2O[C@@H](C)[C@H](OCc3ccccc3)[C@@H](OCc3ccccc3)[C@H]2O[C@@H]2O[C@@H](C)[C@H](OCc3ccccc3)[C@@H](O)[C@H]2OC(=O)c2ccccc2)[C@H]1NC(=O)C(Cl)(Cl)Cl. The van der Waals surface area contributed by atoms with Gasteiger partial charge in [-0.25, -0.2) is 4.79 Å². The summed E-state index contributed by atoms with van der Waals surface area (Å²) in [5.41, 5.74) is 4.45. The number of rotatable bonds is 28. The Morgan fingerprint density at radius 3 is 1.45 bits per heavy atom. The van der Waals surface area contributed by atoms with Gasteiger partial charge in [-0.15, -0.1) is 6.58 Å². The Labute approximate surface area is 517 Å². The Morgan fingerprint density at radius 2 is 0.953 bits per heavy atom. The number of allylic oxidation sites excluding steroid dienone is 1. The van der Waals surface area contributed by atoms with Crippen LogP contribution >= 0.6 is 34.8 Å². The summed E-state index contributed by atoms with van der Waals surface area (Å²) in [6.45, 7) is 8.05. The van der Waals surface area contributed by atoms with Crippen molar-refractivity contribution in [3.63, 3.8) is 0 Å². The van der Waals surface area contributed by atoms with E-state index in [9.17, 15) is 14.7 Å². The van der Waals surface area contributed by atoms with Crippen LogP contribution in [0, 0.1) is 0 Å². The number of hydrogen-bond donors (Lipinski definition) is 2. The van der Waals surface area contributed by atoms with Crippen LogP contribution in [0.25, 0.3) is 0 Å². The number of carbonyl (C=O) groups is 2. The smallest absolute Gasteiger partial charge is 0.338 e. The van der Waals surface area contributed by atoms with Crippen LogP contribution in [0.4, 0.5) is 0 Å². The highest BCUT2D eigenvalue weighted by atomic mass is 35.6. The van der Waals surface area contributed by atoms with Crippen LogP contribution < -0.4 is 5.32 Å². The van der Waals surface area contributed by atoms with E-state index in [1.807, 2.05) is 159 Å². The number of halogens is 3. The minimum absolute atomic E-state index is 0.0353. The van der Waals surface area contributed by atoms with Crippen molar-refractivity contribution >= 4 is 46.7 Å². The molecule has 9 rings (SSSR count). The molecule has 19 heteroatoms. The maximum atomic E-state index is 14.3.